The summed E-state index contributed by atoms with van der Waals surface area (Å²) in [4.78, 5) is 23.6. The van der Waals surface area contributed by atoms with E-state index in [0.29, 0.717) is 17.4 Å². The molecule has 0 saturated heterocycles. The fraction of sp³-hybridized carbons (Fsp3) is 0.467. The molecule has 0 fully saturated rings. The molecule has 1 unspecified atom stereocenters. The SMILES string of the molecule is CC(C)[C@H](N)C(=O)NCC(=O)NC1COc2ccc(Cl)cc21.Cl. The van der Waals surface area contributed by atoms with Crippen LogP contribution in [0.5, 0.6) is 5.75 Å². The maximum atomic E-state index is 11.9. The number of ether oxygens (including phenoxy) is 1. The maximum absolute atomic E-state index is 11.9. The van der Waals surface area contributed by atoms with Gasteiger partial charge < -0.3 is 21.1 Å². The third kappa shape index (κ3) is 4.99. The molecule has 2 rings (SSSR count). The highest BCUT2D eigenvalue weighted by Gasteiger charge is 2.26. The van der Waals surface area contributed by atoms with Gasteiger partial charge in [-0.2, -0.15) is 0 Å². The van der Waals surface area contributed by atoms with Crippen LogP contribution in [-0.2, 0) is 9.59 Å². The monoisotopic (exact) mass is 361 g/mol. The van der Waals surface area contributed by atoms with Crippen molar-refractivity contribution in [2.24, 2.45) is 11.7 Å². The molecule has 4 N–H and O–H groups in total. The lowest BCUT2D eigenvalue weighted by Gasteiger charge is -2.16. The van der Waals surface area contributed by atoms with Crippen molar-refractivity contribution in [1.29, 1.82) is 0 Å². The van der Waals surface area contributed by atoms with Crippen LogP contribution in [0, 0.1) is 5.92 Å². The van der Waals surface area contributed by atoms with Gasteiger partial charge in [-0.1, -0.05) is 25.4 Å². The summed E-state index contributed by atoms with van der Waals surface area (Å²) in [5, 5.41) is 5.92. The first-order valence-electron chi connectivity index (χ1n) is 7.13. The van der Waals surface area contributed by atoms with Crippen molar-refractivity contribution < 1.29 is 14.3 Å². The Morgan fingerprint density at radius 3 is 2.78 bits per heavy atom. The smallest absolute Gasteiger partial charge is 0.240 e. The van der Waals surface area contributed by atoms with Gasteiger partial charge in [0.15, 0.2) is 0 Å². The molecule has 0 spiro atoms. The summed E-state index contributed by atoms with van der Waals surface area (Å²) >= 11 is 5.95. The highest BCUT2D eigenvalue weighted by Crippen LogP contribution is 2.34. The first-order valence-corrected chi connectivity index (χ1v) is 7.51. The molecule has 1 heterocycles. The summed E-state index contributed by atoms with van der Waals surface area (Å²) in [7, 11) is 0. The summed E-state index contributed by atoms with van der Waals surface area (Å²) in [6.07, 6.45) is 0. The van der Waals surface area contributed by atoms with Crippen molar-refractivity contribution in [2.45, 2.75) is 25.9 Å². The van der Waals surface area contributed by atoms with Gasteiger partial charge >= 0.3 is 0 Å². The molecule has 0 radical (unpaired) electrons. The van der Waals surface area contributed by atoms with E-state index in [4.69, 9.17) is 22.1 Å². The summed E-state index contributed by atoms with van der Waals surface area (Å²) in [6, 6.07) is 4.38. The minimum atomic E-state index is -0.623. The van der Waals surface area contributed by atoms with Crippen LogP contribution >= 0.6 is 24.0 Å². The largest absolute Gasteiger partial charge is 0.491 e. The molecule has 8 heteroatoms. The van der Waals surface area contributed by atoms with Gasteiger partial charge in [0.1, 0.15) is 12.4 Å². The zero-order valence-corrected chi connectivity index (χ0v) is 14.5. The number of halogens is 2. The summed E-state index contributed by atoms with van der Waals surface area (Å²) in [5.41, 5.74) is 6.55. The quantitative estimate of drug-likeness (QED) is 0.738. The lowest BCUT2D eigenvalue weighted by Crippen LogP contribution is -2.47. The van der Waals surface area contributed by atoms with E-state index < -0.39 is 6.04 Å². The van der Waals surface area contributed by atoms with Crippen LogP contribution in [0.4, 0.5) is 0 Å². The average Bonchev–Trinajstić information content (AvgIpc) is 2.86. The van der Waals surface area contributed by atoms with Gasteiger partial charge in [-0.05, 0) is 24.1 Å². The van der Waals surface area contributed by atoms with Gasteiger partial charge in [-0.15, -0.1) is 12.4 Å². The third-order valence-electron chi connectivity index (χ3n) is 3.53. The van der Waals surface area contributed by atoms with Gasteiger partial charge in [-0.3, -0.25) is 9.59 Å². The zero-order chi connectivity index (χ0) is 16.3. The lowest BCUT2D eigenvalue weighted by atomic mass is 10.1. The maximum Gasteiger partial charge on any atom is 0.240 e. The third-order valence-corrected chi connectivity index (χ3v) is 3.77. The molecular formula is C15H21Cl2N3O3. The van der Waals surface area contributed by atoms with Gasteiger partial charge in [0.2, 0.25) is 11.8 Å². The Hall–Kier alpha value is -1.50. The molecular weight excluding hydrogens is 341 g/mol. The molecule has 0 aliphatic carbocycles. The molecule has 0 bridgehead atoms. The molecule has 1 aromatic carbocycles. The number of carbonyl (C=O) groups is 2. The van der Waals surface area contributed by atoms with Gasteiger partial charge in [-0.25, -0.2) is 0 Å². The molecule has 0 aromatic heterocycles. The average molecular weight is 362 g/mol. The first-order chi connectivity index (χ1) is 10.4. The number of benzene rings is 1. The number of nitrogens with two attached hydrogens (primary N) is 1. The van der Waals surface area contributed by atoms with Crippen molar-refractivity contribution in [2.75, 3.05) is 13.2 Å². The van der Waals surface area contributed by atoms with Crippen LogP contribution in [-0.4, -0.2) is 31.0 Å². The van der Waals surface area contributed by atoms with Crippen LogP contribution in [0.3, 0.4) is 0 Å². The second-order valence-corrected chi connectivity index (χ2v) is 6.04. The molecule has 1 aliphatic heterocycles. The molecule has 2 amide bonds. The topological polar surface area (TPSA) is 93.5 Å². The Bertz CT molecular complexity index is 581. The van der Waals surface area contributed by atoms with Gasteiger partial charge in [0.25, 0.3) is 0 Å². The van der Waals surface area contributed by atoms with E-state index >= 15 is 0 Å². The number of rotatable bonds is 5. The van der Waals surface area contributed by atoms with Crippen molar-refractivity contribution in [3.63, 3.8) is 0 Å². The number of hydrogen-bond acceptors (Lipinski definition) is 4. The van der Waals surface area contributed by atoms with Gasteiger partial charge in [0.05, 0.1) is 18.6 Å². The highest BCUT2D eigenvalue weighted by molar-refractivity contribution is 6.30. The second kappa shape index (κ2) is 8.38. The van der Waals surface area contributed by atoms with E-state index in [1.165, 1.54) is 0 Å². The van der Waals surface area contributed by atoms with Crippen LogP contribution in [0.1, 0.15) is 25.5 Å². The number of amides is 2. The lowest BCUT2D eigenvalue weighted by molar-refractivity contribution is -0.127. The van der Waals surface area contributed by atoms with E-state index in [9.17, 15) is 9.59 Å². The Balaban J connectivity index is 0.00000264. The van der Waals surface area contributed by atoms with Crippen molar-refractivity contribution in [3.05, 3.63) is 28.8 Å². The summed E-state index contributed by atoms with van der Waals surface area (Å²) < 4.78 is 5.48. The fourth-order valence-electron chi connectivity index (χ4n) is 2.14. The van der Waals surface area contributed by atoms with Crippen LogP contribution in [0.2, 0.25) is 5.02 Å². The Morgan fingerprint density at radius 1 is 1.43 bits per heavy atom. The molecule has 0 saturated carbocycles. The van der Waals surface area contributed by atoms with E-state index in [-0.39, 0.29) is 42.7 Å². The first kappa shape index (κ1) is 19.5. The minimum Gasteiger partial charge on any atom is -0.491 e. The van der Waals surface area contributed by atoms with E-state index in [1.807, 2.05) is 13.8 Å². The Labute approximate surface area is 146 Å². The van der Waals surface area contributed by atoms with Crippen LogP contribution in [0.15, 0.2) is 18.2 Å². The summed E-state index contributed by atoms with van der Waals surface area (Å²) in [6.45, 7) is 3.92. The number of nitrogens with one attached hydrogen (secondary N) is 2. The number of hydrogen-bond donors (Lipinski definition) is 3. The molecule has 6 nitrogen and oxygen atoms in total. The minimum absolute atomic E-state index is 0. The van der Waals surface area contributed by atoms with Crippen molar-refractivity contribution >= 4 is 35.8 Å². The molecule has 128 valence electrons. The molecule has 1 aliphatic rings. The zero-order valence-electron chi connectivity index (χ0n) is 13.0. The summed E-state index contributed by atoms with van der Waals surface area (Å²) in [5.74, 6) is 0.0860. The van der Waals surface area contributed by atoms with Crippen LogP contribution < -0.4 is 21.1 Å². The van der Waals surface area contributed by atoms with Gasteiger partial charge in [0, 0.05) is 10.6 Å². The Kier molecular flexibility index (Phi) is 7.12. The predicted molar refractivity (Wildman–Crippen MR) is 90.9 cm³/mol. The Morgan fingerprint density at radius 2 is 2.13 bits per heavy atom. The molecule has 23 heavy (non-hydrogen) atoms. The van der Waals surface area contributed by atoms with E-state index in [1.54, 1.807) is 18.2 Å². The second-order valence-electron chi connectivity index (χ2n) is 5.60. The predicted octanol–water partition coefficient (Wildman–Crippen LogP) is 1.41. The highest BCUT2D eigenvalue weighted by atomic mass is 35.5. The standard InChI is InChI=1S/C15H20ClN3O3.ClH/c1-8(2)14(17)15(21)18-6-13(20)19-11-7-22-12-4-3-9(16)5-10(11)12;/h3-5,8,11,14H,6-7,17H2,1-2H3,(H,18,21)(H,19,20);1H/t11?,14-;/m0./s1. The van der Waals surface area contributed by atoms with E-state index in [2.05, 4.69) is 10.6 Å². The number of fused-ring (bicyclic) bond motifs is 1. The molecule has 1 aromatic rings. The van der Waals surface area contributed by atoms with Crippen molar-refractivity contribution in [3.8, 4) is 5.75 Å². The normalized spacial score (nSPS) is 16.8. The van der Waals surface area contributed by atoms with Crippen molar-refractivity contribution in [1.82, 2.24) is 10.6 Å². The van der Waals surface area contributed by atoms with Crippen LogP contribution in [0.25, 0.3) is 0 Å². The number of carbonyl (C=O) groups excluding carboxylic acids is 2. The fourth-order valence-corrected chi connectivity index (χ4v) is 2.32. The van der Waals surface area contributed by atoms with E-state index in [0.717, 1.165) is 5.56 Å². The molecule has 2 atom stereocenters.